The molecule has 0 spiro atoms. The third kappa shape index (κ3) is 2.84. The van der Waals surface area contributed by atoms with Crippen LogP contribution in [0.1, 0.15) is 20.2 Å². The number of carbonyl (C=O) groups is 1. The number of aromatic nitrogens is 1. The summed E-state index contributed by atoms with van der Waals surface area (Å²) in [5.41, 5.74) is -0.184. The van der Waals surface area contributed by atoms with Crippen molar-refractivity contribution in [3.05, 3.63) is 45.7 Å². The number of thiazole rings is 1. The van der Waals surface area contributed by atoms with Gasteiger partial charge in [-0.15, -0.1) is 11.3 Å². The Morgan fingerprint density at radius 1 is 1.56 bits per heavy atom. The molecule has 0 radical (unpaired) electrons. The summed E-state index contributed by atoms with van der Waals surface area (Å²) in [6.07, 6.45) is 1.67. The molecular formula is C12H10FNO3S. The minimum atomic E-state index is -1.22. The summed E-state index contributed by atoms with van der Waals surface area (Å²) in [6, 6.07) is 3.42. The van der Waals surface area contributed by atoms with Crippen LogP contribution in [0.3, 0.4) is 0 Å². The van der Waals surface area contributed by atoms with Gasteiger partial charge in [-0.25, -0.2) is 14.2 Å². The zero-order valence-electron chi connectivity index (χ0n) is 9.51. The van der Waals surface area contributed by atoms with Crippen LogP contribution in [0.2, 0.25) is 0 Å². The average Bonchev–Trinajstić information content (AvgIpc) is 2.73. The molecule has 1 N–H and O–H groups in total. The SMILES string of the molecule is Cc1ncc(COc2ccc(F)cc2C(=O)O)s1. The van der Waals surface area contributed by atoms with Crippen LogP contribution in [0.15, 0.2) is 24.4 Å². The second kappa shape index (κ2) is 5.14. The number of rotatable bonds is 4. The summed E-state index contributed by atoms with van der Waals surface area (Å²) in [7, 11) is 0. The number of hydrogen-bond donors (Lipinski definition) is 1. The van der Waals surface area contributed by atoms with Crippen molar-refractivity contribution < 1.29 is 19.0 Å². The Bertz CT molecular complexity index is 582. The first-order chi connectivity index (χ1) is 8.56. The van der Waals surface area contributed by atoms with E-state index in [4.69, 9.17) is 9.84 Å². The van der Waals surface area contributed by atoms with Gasteiger partial charge in [-0.3, -0.25) is 0 Å². The fourth-order valence-electron chi connectivity index (χ4n) is 1.42. The highest BCUT2D eigenvalue weighted by Crippen LogP contribution is 2.22. The normalized spacial score (nSPS) is 10.3. The van der Waals surface area contributed by atoms with E-state index in [0.717, 1.165) is 16.0 Å². The minimum Gasteiger partial charge on any atom is -0.487 e. The molecule has 0 unspecified atom stereocenters. The maximum atomic E-state index is 12.9. The van der Waals surface area contributed by atoms with Gasteiger partial charge in [-0.1, -0.05) is 0 Å². The number of nitrogens with zero attached hydrogens (tertiary/aromatic N) is 1. The van der Waals surface area contributed by atoms with Gasteiger partial charge in [-0.2, -0.15) is 0 Å². The standard InChI is InChI=1S/C12H10FNO3S/c1-7-14-5-9(18-7)6-17-11-3-2-8(13)4-10(11)12(15)16/h2-5H,6H2,1H3,(H,15,16). The fourth-order valence-corrected chi connectivity index (χ4v) is 2.12. The topological polar surface area (TPSA) is 59.4 Å². The molecule has 0 fully saturated rings. The van der Waals surface area contributed by atoms with Crippen LogP contribution in [0.25, 0.3) is 0 Å². The van der Waals surface area contributed by atoms with E-state index < -0.39 is 11.8 Å². The summed E-state index contributed by atoms with van der Waals surface area (Å²) >= 11 is 1.47. The van der Waals surface area contributed by atoms with Gasteiger partial charge in [0.15, 0.2) is 0 Å². The number of halogens is 1. The molecule has 1 heterocycles. The number of aromatic carboxylic acids is 1. The Morgan fingerprint density at radius 2 is 2.33 bits per heavy atom. The fraction of sp³-hybridized carbons (Fsp3) is 0.167. The molecular weight excluding hydrogens is 257 g/mol. The molecule has 0 saturated carbocycles. The highest BCUT2D eigenvalue weighted by molar-refractivity contribution is 7.11. The predicted molar refractivity (Wildman–Crippen MR) is 64.5 cm³/mol. The molecule has 2 rings (SSSR count). The lowest BCUT2D eigenvalue weighted by atomic mass is 10.2. The molecule has 0 aliphatic rings. The van der Waals surface area contributed by atoms with Gasteiger partial charge in [0.2, 0.25) is 0 Å². The van der Waals surface area contributed by atoms with Crippen LogP contribution in [0.5, 0.6) is 5.75 Å². The molecule has 1 aromatic heterocycles. The first-order valence-corrected chi connectivity index (χ1v) is 5.95. The number of carboxylic acid groups (broad SMARTS) is 1. The van der Waals surface area contributed by atoms with Gasteiger partial charge in [0, 0.05) is 6.20 Å². The lowest BCUT2D eigenvalue weighted by Gasteiger charge is -2.07. The maximum absolute atomic E-state index is 12.9. The largest absolute Gasteiger partial charge is 0.487 e. The van der Waals surface area contributed by atoms with Gasteiger partial charge in [-0.05, 0) is 25.1 Å². The molecule has 0 saturated heterocycles. The van der Waals surface area contributed by atoms with Crippen LogP contribution >= 0.6 is 11.3 Å². The molecule has 94 valence electrons. The Morgan fingerprint density at radius 3 is 2.94 bits per heavy atom. The van der Waals surface area contributed by atoms with E-state index in [-0.39, 0.29) is 17.9 Å². The smallest absolute Gasteiger partial charge is 0.339 e. The molecule has 0 atom stereocenters. The Balaban J connectivity index is 2.16. The van der Waals surface area contributed by atoms with E-state index in [1.807, 2.05) is 6.92 Å². The van der Waals surface area contributed by atoms with Crippen molar-refractivity contribution in [3.63, 3.8) is 0 Å². The second-order valence-corrected chi connectivity index (χ2v) is 4.90. The third-order valence-corrected chi connectivity index (χ3v) is 3.10. The average molecular weight is 267 g/mol. The van der Waals surface area contributed by atoms with Gasteiger partial charge < -0.3 is 9.84 Å². The zero-order valence-corrected chi connectivity index (χ0v) is 10.3. The number of hydrogen-bond acceptors (Lipinski definition) is 4. The van der Waals surface area contributed by atoms with Gasteiger partial charge in [0.1, 0.15) is 23.7 Å². The van der Waals surface area contributed by atoms with E-state index in [0.29, 0.717) is 0 Å². The van der Waals surface area contributed by atoms with Crippen LogP contribution < -0.4 is 4.74 Å². The molecule has 18 heavy (non-hydrogen) atoms. The molecule has 2 aromatic rings. The molecule has 0 bridgehead atoms. The second-order valence-electron chi connectivity index (χ2n) is 3.58. The van der Waals surface area contributed by atoms with Crippen LogP contribution in [0.4, 0.5) is 4.39 Å². The molecule has 0 aliphatic carbocycles. The van der Waals surface area contributed by atoms with Crippen LogP contribution in [0, 0.1) is 12.7 Å². The first kappa shape index (κ1) is 12.5. The van der Waals surface area contributed by atoms with Crippen molar-refractivity contribution >= 4 is 17.3 Å². The quantitative estimate of drug-likeness (QED) is 0.925. The van der Waals surface area contributed by atoms with E-state index in [1.165, 1.54) is 23.5 Å². The Labute approximate surface area is 107 Å². The number of ether oxygens (including phenoxy) is 1. The lowest BCUT2D eigenvalue weighted by molar-refractivity contribution is 0.0691. The monoisotopic (exact) mass is 267 g/mol. The maximum Gasteiger partial charge on any atom is 0.339 e. The lowest BCUT2D eigenvalue weighted by Crippen LogP contribution is -2.03. The van der Waals surface area contributed by atoms with Gasteiger partial charge >= 0.3 is 5.97 Å². The Kier molecular flexibility index (Phi) is 3.57. The molecule has 4 nitrogen and oxygen atoms in total. The van der Waals surface area contributed by atoms with Crippen LogP contribution in [-0.2, 0) is 6.61 Å². The number of carboxylic acids is 1. The number of benzene rings is 1. The van der Waals surface area contributed by atoms with Crippen molar-refractivity contribution in [2.45, 2.75) is 13.5 Å². The highest BCUT2D eigenvalue weighted by Gasteiger charge is 2.13. The van der Waals surface area contributed by atoms with Gasteiger partial charge in [0.05, 0.1) is 9.88 Å². The zero-order chi connectivity index (χ0) is 13.1. The van der Waals surface area contributed by atoms with Crippen molar-refractivity contribution in [2.24, 2.45) is 0 Å². The summed E-state index contributed by atoms with van der Waals surface area (Å²) in [5.74, 6) is -1.67. The number of aryl methyl sites for hydroxylation is 1. The van der Waals surface area contributed by atoms with Gasteiger partial charge in [0.25, 0.3) is 0 Å². The molecule has 6 heteroatoms. The predicted octanol–water partition coefficient (Wildman–Crippen LogP) is 2.87. The van der Waals surface area contributed by atoms with Crippen molar-refractivity contribution in [1.29, 1.82) is 0 Å². The van der Waals surface area contributed by atoms with E-state index in [9.17, 15) is 9.18 Å². The highest BCUT2D eigenvalue weighted by atomic mass is 32.1. The van der Waals surface area contributed by atoms with Crippen molar-refractivity contribution in [2.75, 3.05) is 0 Å². The van der Waals surface area contributed by atoms with E-state index in [2.05, 4.69) is 4.98 Å². The van der Waals surface area contributed by atoms with Crippen molar-refractivity contribution in [3.8, 4) is 5.75 Å². The Hall–Kier alpha value is -1.95. The molecule has 1 aromatic carbocycles. The summed E-state index contributed by atoms with van der Waals surface area (Å²) < 4.78 is 18.3. The van der Waals surface area contributed by atoms with Crippen molar-refractivity contribution in [1.82, 2.24) is 4.98 Å². The summed E-state index contributed by atoms with van der Waals surface area (Å²) in [6.45, 7) is 2.09. The van der Waals surface area contributed by atoms with E-state index in [1.54, 1.807) is 6.20 Å². The minimum absolute atomic E-state index is 0.148. The van der Waals surface area contributed by atoms with E-state index >= 15 is 0 Å². The van der Waals surface area contributed by atoms with Crippen LogP contribution in [-0.4, -0.2) is 16.1 Å². The summed E-state index contributed by atoms with van der Waals surface area (Å²) in [5, 5.41) is 9.84. The molecule has 0 amide bonds. The first-order valence-electron chi connectivity index (χ1n) is 5.13. The molecule has 0 aliphatic heterocycles. The summed E-state index contributed by atoms with van der Waals surface area (Å²) in [4.78, 5) is 15.9. The third-order valence-electron chi connectivity index (χ3n) is 2.21.